The maximum atomic E-state index is 8.74. The van der Waals surface area contributed by atoms with Crippen molar-refractivity contribution in [3.8, 4) is 0 Å². The number of para-hydroxylation sites is 1. The summed E-state index contributed by atoms with van der Waals surface area (Å²) in [6.07, 6.45) is 0. The second-order valence-electron chi connectivity index (χ2n) is 3.49. The van der Waals surface area contributed by atoms with E-state index in [1.165, 1.54) is 5.69 Å². The molecule has 16 heavy (non-hydrogen) atoms. The van der Waals surface area contributed by atoms with Gasteiger partial charge in [-0.2, -0.15) is 8.42 Å². The molecule has 1 aromatic rings. The molecule has 0 spiro atoms. The van der Waals surface area contributed by atoms with Gasteiger partial charge in [-0.3, -0.25) is 9.11 Å². The molecule has 0 heterocycles. The zero-order valence-corrected chi connectivity index (χ0v) is 10.3. The van der Waals surface area contributed by atoms with Gasteiger partial charge in [0.25, 0.3) is 0 Å². The van der Waals surface area contributed by atoms with Gasteiger partial charge >= 0.3 is 10.4 Å². The molecule has 1 rings (SSSR count). The molecule has 0 unspecified atom stereocenters. The van der Waals surface area contributed by atoms with E-state index >= 15 is 0 Å². The molecule has 0 aliphatic rings. The Hall–Kier alpha value is -1.11. The molecule has 2 N–H and O–H groups in total. The highest BCUT2D eigenvalue weighted by Gasteiger charge is 2.01. The fraction of sp³-hybridized carbons (Fsp3) is 0.400. The first kappa shape index (κ1) is 14.9. The largest absolute Gasteiger partial charge is 0.394 e. The topological polar surface area (TPSA) is 77.8 Å². The van der Waals surface area contributed by atoms with Crippen molar-refractivity contribution >= 4 is 16.1 Å². The second-order valence-corrected chi connectivity index (χ2v) is 4.38. The first-order valence-electron chi connectivity index (χ1n) is 4.69. The maximum Gasteiger partial charge on any atom is 0.394 e. The highest BCUT2D eigenvalue weighted by molar-refractivity contribution is 7.79. The molecule has 0 saturated carbocycles. The SMILES string of the molecule is CC(C)N(C)c1ccccc1.O=S(=O)(O)O. The first-order chi connectivity index (χ1) is 7.22. The third-order valence-corrected chi connectivity index (χ3v) is 1.94. The van der Waals surface area contributed by atoms with E-state index in [0.29, 0.717) is 6.04 Å². The minimum atomic E-state index is -4.67. The summed E-state index contributed by atoms with van der Waals surface area (Å²) in [6.45, 7) is 4.38. The number of benzene rings is 1. The van der Waals surface area contributed by atoms with Crippen LogP contribution in [0.5, 0.6) is 0 Å². The molecule has 0 radical (unpaired) electrons. The fourth-order valence-electron chi connectivity index (χ4n) is 0.961. The van der Waals surface area contributed by atoms with Gasteiger partial charge in [-0.15, -0.1) is 0 Å². The van der Waals surface area contributed by atoms with E-state index in [2.05, 4.69) is 50.1 Å². The van der Waals surface area contributed by atoms with Crippen LogP contribution >= 0.6 is 0 Å². The number of rotatable bonds is 2. The lowest BCUT2D eigenvalue weighted by Gasteiger charge is -2.23. The molecule has 1 aromatic carbocycles. The van der Waals surface area contributed by atoms with Crippen molar-refractivity contribution in [2.45, 2.75) is 19.9 Å². The highest BCUT2D eigenvalue weighted by Crippen LogP contribution is 2.12. The number of hydrogen-bond donors (Lipinski definition) is 2. The van der Waals surface area contributed by atoms with Crippen LogP contribution in [0.4, 0.5) is 5.69 Å². The van der Waals surface area contributed by atoms with E-state index in [0.717, 1.165) is 0 Å². The van der Waals surface area contributed by atoms with Crippen molar-refractivity contribution in [3.63, 3.8) is 0 Å². The van der Waals surface area contributed by atoms with Gasteiger partial charge in [0.2, 0.25) is 0 Å². The van der Waals surface area contributed by atoms with Crippen molar-refractivity contribution in [2.75, 3.05) is 11.9 Å². The summed E-state index contributed by atoms with van der Waals surface area (Å²) < 4.78 is 31.6. The summed E-state index contributed by atoms with van der Waals surface area (Å²) in [7, 11) is -2.56. The summed E-state index contributed by atoms with van der Waals surface area (Å²) in [4.78, 5) is 2.25. The molecule has 0 aliphatic heterocycles. The third-order valence-electron chi connectivity index (χ3n) is 1.94. The number of anilines is 1. The van der Waals surface area contributed by atoms with Gasteiger partial charge in [0.05, 0.1) is 0 Å². The Morgan fingerprint density at radius 1 is 1.12 bits per heavy atom. The molecule has 0 bridgehead atoms. The van der Waals surface area contributed by atoms with E-state index in [9.17, 15) is 0 Å². The lowest BCUT2D eigenvalue weighted by atomic mass is 10.2. The van der Waals surface area contributed by atoms with Crippen LogP contribution in [-0.4, -0.2) is 30.6 Å². The van der Waals surface area contributed by atoms with Gasteiger partial charge in [-0.1, -0.05) is 18.2 Å². The predicted octanol–water partition coefficient (Wildman–Crippen LogP) is 1.88. The first-order valence-corrected chi connectivity index (χ1v) is 6.09. The normalized spacial score (nSPS) is 10.6. The Bertz CT molecular complexity index is 381. The average molecular weight is 247 g/mol. The van der Waals surface area contributed by atoms with Crippen molar-refractivity contribution in [1.29, 1.82) is 0 Å². The van der Waals surface area contributed by atoms with Gasteiger partial charge in [0, 0.05) is 18.8 Å². The van der Waals surface area contributed by atoms with E-state index in [1.54, 1.807) is 0 Å². The molecule has 0 amide bonds. The molecule has 0 aliphatic carbocycles. The zero-order valence-electron chi connectivity index (χ0n) is 9.53. The van der Waals surface area contributed by atoms with Crippen LogP contribution in [0.1, 0.15) is 13.8 Å². The Morgan fingerprint density at radius 2 is 1.50 bits per heavy atom. The molecular weight excluding hydrogens is 230 g/mol. The Labute approximate surface area is 96.3 Å². The second kappa shape index (κ2) is 6.47. The van der Waals surface area contributed by atoms with Gasteiger partial charge in [-0.05, 0) is 26.0 Å². The standard InChI is InChI=1S/C10H15N.H2O4S/c1-9(2)11(3)10-7-5-4-6-8-10;1-5(2,3)4/h4-9H,1-3H3;(H2,1,2,3,4). The van der Waals surface area contributed by atoms with Gasteiger partial charge in [0.15, 0.2) is 0 Å². The van der Waals surface area contributed by atoms with E-state index in [-0.39, 0.29) is 0 Å². The minimum Gasteiger partial charge on any atom is -0.372 e. The summed E-state index contributed by atoms with van der Waals surface area (Å²) in [6, 6.07) is 11.0. The monoisotopic (exact) mass is 247 g/mol. The third kappa shape index (κ3) is 8.22. The van der Waals surface area contributed by atoms with E-state index in [1.807, 2.05) is 6.07 Å². The van der Waals surface area contributed by atoms with Crippen molar-refractivity contribution < 1.29 is 17.5 Å². The summed E-state index contributed by atoms with van der Waals surface area (Å²) >= 11 is 0. The quantitative estimate of drug-likeness (QED) is 0.780. The lowest BCUT2D eigenvalue weighted by Crippen LogP contribution is -2.25. The maximum absolute atomic E-state index is 8.74. The summed E-state index contributed by atoms with van der Waals surface area (Å²) in [5.41, 5.74) is 1.28. The summed E-state index contributed by atoms with van der Waals surface area (Å²) in [5, 5.41) is 0. The smallest absolute Gasteiger partial charge is 0.372 e. The molecule has 0 atom stereocenters. The average Bonchev–Trinajstić information content (AvgIpc) is 2.15. The van der Waals surface area contributed by atoms with Crippen LogP contribution in [0.2, 0.25) is 0 Å². The van der Waals surface area contributed by atoms with Crippen LogP contribution < -0.4 is 4.90 Å². The molecule has 5 nitrogen and oxygen atoms in total. The molecule has 92 valence electrons. The molecule has 0 fully saturated rings. The van der Waals surface area contributed by atoms with Crippen molar-refractivity contribution in [3.05, 3.63) is 30.3 Å². The van der Waals surface area contributed by atoms with E-state index < -0.39 is 10.4 Å². The van der Waals surface area contributed by atoms with Gasteiger partial charge < -0.3 is 4.90 Å². The van der Waals surface area contributed by atoms with Gasteiger partial charge in [-0.25, -0.2) is 0 Å². The molecule has 0 saturated heterocycles. The van der Waals surface area contributed by atoms with Crippen molar-refractivity contribution in [1.82, 2.24) is 0 Å². The molecular formula is C10H17NO4S. The van der Waals surface area contributed by atoms with Crippen LogP contribution in [-0.2, 0) is 10.4 Å². The van der Waals surface area contributed by atoms with Crippen LogP contribution in [0.3, 0.4) is 0 Å². The highest BCUT2D eigenvalue weighted by atomic mass is 32.3. The Balaban J connectivity index is 0.000000385. The van der Waals surface area contributed by atoms with Crippen LogP contribution in [0.25, 0.3) is 0 Å². The Morgan fingerprint density at radius 3 is 1.81 bits per heavy atom. The zero-order chi connectivity index (χ0) is 12.8. The fourth-order valence-corrected chi connectivity index (χ4v) is 0.961. The number of nitrogens with zero attached hydrogens (tertiary/aromatic N) is 1. The number of hydrogen-bond acceptors (Lipinski definition) is 3. The van der Waals surface area contributed by atoms with Crippen LogP contribution in [0.15, 0.2) is 30.3 Å². The molecule has 0 aromatic heterocycles. The molecule has 6 heteroatoms. The predicted molar refractivity (Wildman–Crippen MR) is 64.2 cm³/mol. The minimum absolute atomic E-state index is 0.567. The summed E-state index contributed by atoms with van der Waals surface area (Å²) in [5.74, 6) is 0. The van der Waals surface area contributed by atoms with E-state index in [4.69, 9.17) is 17.5 Å². The van der Waals surface area contributed by atoms with Crippen molar-refractivity contribution in [2.24, 2.45) is 0 Å². The van der Waals surface area contributed by atoms with Crippen LogP contribution in [0, 0.1) is 0 Å². The van der Waals surface area contributed by atoms with Gasteiger partial charge in [0.1, 0.15) is 0 Å². The Kier molecular flexibility index (Phi) is 6.02. The lowest BCUT2D eigenvalue weighted by molar-refractivity contribution is 0.381.